The lowest BCUT2D eigenvalue weighted by molar-refractivity contribution is 0.101. The van der Waals surface area contributed by atoms with Crippen molar-refractivity contribution in [1.82, 2.24) is 5.32 Å². The van der Waals surface area contributed by atoms with Crippen LogP contribution < -0.4 is 5.32 Å². The van der Waals surface area contributed by atoms with Crippen molar-refractivity contribution in [2.24, 2.45) is 0 Å². The zero-order valence-corrected chi connectivity index (χ0v) is 9.08. The van der Waals surface area contributed by atoms with Gasteiger partial charge in [0.2, 0.25) is 0 Å². The minimum Gasteiger partial charge on any atom is -0.306 e. The van der Waals surface area contributed by atoms with Crippen LogP contribution in [0.1, 0.15) is 19.4 Å². The fraction of sp³-hybridized carbons (Fsp3) is 0.500. The van der Waals surface area contributed by atoms with Gasteiger partial charge in [-0.1, -0.05) is 30.3 Å². The number of hydrogen-bond donors (Lipinski definition) is 1. The van der Waals surface area contributed by atoms with Crippen molar-refractivity contribution in [1.29, 1.82) is 0 Å². The third-order valence-corrected chi connectivity index (χ3v) is 2.31. The van der Waals surface area contributed by atoms with E-state index in [9.17, 15) is 8.78 Å². The third-order valence-electron chi connectivity index (χ3n) is 2.31. The summed E-state index contributed by atoms with van der Waals surface area (Å²) in [6.45, 7) is 3.43. The SMILES string of the molecule is CC(Cc1ccccc1)NC(C)C(F)F. The maximum Gasteiger partial charge on any atom is 0.253 e. The molecule has 0 fully saturated rings. The molecule has 2 atom stereocenters. The van der Waals surface area contributed by atoms with Crippen molar-refractivity contribution in [2.45, 2.75) is 38.8 Å². The second-order valence-electron chi connectivity index (χ2n) is 3.88. The molecule has 0 saturated carbocycles. The molecule has 1 aromatic carbocycles. The number of nitrogens with one attached hydrogen (secondary N) is 1. The standard InChI is InChI=1S/C12H17F2N/c1-9(15-10(2)12(13)14)8-11-6-4-3-5-7-11/h3-7,9-10,12,15H,8H2,1-2H3. The predicted molar refractivity (Wildman–Crippen MR) is 58.2 cm³/mol. The van der Waals surface area contributed by atoms with Crippen molar-refractivity contribution in [2.75, 3.05) is 0 Å². The molecule has 0 aromatic heterocycles. The van der Waals surface area contributed by atoms with E-state index in [-0.39, 0.29) is 6.04 Å². The Morgan fingerprint density at radius 1 is 1.13 bits per heavy atom. The monoisotopic (exact) mass is 213 g/mol. The lowest BCUT2D eigenvalue weighted by Gasteiger charge is -2.19. The van der Waals surface area contributed by atoms with E-state index in [1.54, 1.807) is 0 Å². The second-order valence-corrected chi connectivity index (χ2v) is 3.88. The molecule has 1 rings (SSSR count). The fourth-order valence-corrected chi connectivity index (χ4v) is 1.55. The molecule has 1 nitrogen and oxygen atoms in total. The molecule has 1 aromatic rings. The summed E-state index contributed by atoms with van der Waals surface area (Å²) < 4.78 is 24.5. The molecule has 0 aliphatic heterocycles. The van der Waals surface area contributed by atoms with E-state index in [0.29, 0.717) is 0 Å². The van der Waals surface area contributed by atoms with Gasteiger partial charge in [-0.25, -0.2) is 8.78 Å². The van der Waals surface area contributed by atoms with Gasteiger partial charge in [0.1, 0.15) is 0 Å². The van der Waals surface area contributed by atoms with Crippen LogP contribution in [0, 0.1) is 0 Å². The van der Waals surface area contributed by atoms with Crippen LogP contribution in [0.2, 0.25) is 0 Å². The molecule has 0 radical (unpaired) electrons. The quantitative estimate of drug-likeness (QED) is 0.793. The van der Waals surface area contributed by atoms with Gasteiger partial charge in [-0.2, -0.15) is 0 Å². The van der Waals surface area contributed by atoms with Crippen molar-refractivity contribution in [3.05, 3.63) is 35.9 Å². The van der Waals surface area contributed by atoms with Gasteiger partial charge < -0.3 is 5.32 Å². The van der Waals surface area contributed by atoms with Crippen LogP contribution in [0.15, 0.2) is 30.3 Å². The van der Waals surface area contributed by atoms with Crippen molar-refractivity contribution in [3.8, 4) is 0 Å². The van der Waals surface area contributed by atoms with Crippen LogP contribution >= 0.6 is 0 Å². The topological polar surface area (TPSA) is 12.0 Å². The highest BCUT2D eigenvalue weighted by atomic mass is 19.3. The summed E-state index contributed by atoms with van der Waals surface area (Å²) in [5.74, 6) is 0. The number of hydrogen-bond acceptors (Lipinski definition) is 1. The lowest BCUT2D eigenvalue weighted by atomic mass is 10.1. The Morgan fingerprint density at radius 3 is 2.27 bits per heavy atom. The van der Waals surface area contributed by atoms with Gasteiger partial charge in [-0.05, 0) is 25.8 Å². The van der Waals surface area contributed by atoms with Crippen LogP contribution in [-0.2, 0) is 6.42 Å². The largest absolute Gasteiger partial charge is 0.306 e. The highest BCUT2D eigenvalue weighted by molar-refractivity contribution is 5.15. The number of benzene rings is 1. The summed E-state index contributed by atoms with van der Waals surface area (Å²) in [5.41, 5.74) is 1.17. The highest BCUT2D eigenvalue weighted by Gasteiger charge is 2.16. The zero-order valence-electron chi connectivity index (χ0n) is 9.08. The Labute approximate surface area is 89.5 Å². The molecule has 0 spiro atoms. The molecule has 0 aliphatic carbocycles. The Morgan fingerprint density at radius 2 is 1.73 bits per heavy atom. The van der Waals surface area contributed by atoms with Crippen molar-refractivity contribution < 1.29 is 8.78 Å². The molecular weight excluding hydrogens is 196 g/mol. The van der Waals surface area contributed by atoms with Gasteiger partial charge in [0.25, 0.3) is 6.43 Å². The first-order valence-electron chi connectivity index (χ1n) is 5.17. The van der Waals surface area contributed by atoms with Crippen LogP contribution in [0.25, 0.3) is 0 Å². The Balaban J connectivity index is 2.39. The number of halogens is 2. The van der Waals surface area contributed by atoms with E-state index in [1.807, 2.05) is 37.3 Å². The first kappa shape index (κ1) is 12.1. The Hall–Kier alpha value is -0.960. The average Bonchev–Trinajstić information content (AvgIpc) is 2.18. The molecule has 1 N–H and O–H groups in total. The maximum atomic E-state index is 12.3. The number of alkyl halides is 2. The molecule has 0 heterocycles. The molecule has 0 amide bonds. The molecule has 0 saturated heterocycles. The molecule has 0 aliphatic rings. The molecule has 2 unspecified atom stereocenters. The van der Waals surface area contributed by atoms with Gasteiger partial charge in [0, 0.05) is 6.04 Å². The lowest BCUT2D eigenvalue weighted by Crippen LogP contribution is -2.40. The molecule has 0 bridgehead atoms. The van der Waals surface area contributed by atoms with Gasteiger partial charge in [-0.3, -0.25) is 0 Å². The van der Waals surface area contributed by atoms with Crippen molar-refractivity contribution >= 4 is 0 Å². The Bertz CT molecular complexity index is 274. The van der Waals surface area contributed by atoms with Crippen LogP contribution in [0.3, 0.4) is 0 Å². The van der Waals surface area contributed by atoms with Crippen LogP contribution in [0.4, 0.5) is 8.78 Å². The highest BCUT2D eigenvalue weighted by Crippen LogP contribution is 2.06. The van der Waals surface area contributed by atoms with Gasteiger partial charge in [-0.15, -0.1) is 0 Å². The van der Waals surface area contributed by atoms with E-state index in [2.05, 4.69) is 5.32 Å². The van der Waals surface area contributed by atoms with Gasteiger partial charge >= 0.3 is 0 Å². The normalized spacial score (nSPS) is 15.3. The summed E-state index contributed by atoms with van der Waals surface area (Å²) >= 11 is 0. The molecule has 84 valence electrons. The van der Waals surface area contributed by atoms with Crippen LogP contribution in [0.5, 0.6) is 0 Å². The van der Waals surface area contributed by atoms with Gasteiger partial charge in [0.05, 0.1) is 6.04 Å². The Kier molecular flexibility index (Phi) is 4.69. The van der Waals surface area contributed by atoms with E-state index in [0.717, 1.165) is 6.42 Å². The summed E-state index contributed by atoms with van der Waals surface area (Å²) in [6.07, 6.45) is -1.53. The van der Waals surface area contributed by atoms with Crippen molar-refractivity contribution in [3.63, 3.8) is 0 Å². The molecule has 15 heavy (non-hydrogen) atoms. The summed E-state index contributed by atoms with van der Waals surface area (Å²) in [4.78, 5) is 0. The maximum absolute atomic E-state index is 12.3. The summed E-state index contributed by atoms with van der Waals surface area (Å²) in [5, 5.41) is 2.88. The first-order valence-corrected chi connectivity index (χ1v) is 5.17. The second kappa shape index (κ2) is 5.81. The predicted octanol–water partition coefficient (Wildman–Crippen LogP) is 2.86. The van der Waals surface area contributed by atoms with E-state index < -0.39 is 12.5 Å². The molecular formula is C12H17F2N. The third kappa shape index (κ3) is 4.38. The minimum atomic E-state index is -2.30. The van der Waals surface area contributed by atoms with Gasteiger partial charge in [0.15, 0.2) is 0 Å². The summed E-state index contributed by atoms with van der Waals surface area (Å²) in [7, 11) is 0. The zero-order chi connectivity index (χ0) is 11.3. The smallest absolute Gasteiger partial charge is 0.253 e. The first-order chi connectivity index (χ1) is 7.09. The fourth-order valence-electron chi connectivity index (χ4n) is 1.55. The number of rotatable bonds is 5. The van der Waals surface area contributed by atoms with Crippen LogP contribution in [-0.4, -0.2) is 18.5 Å². The average molecular weight is 213 g/mol. The summed E-state index contributed by atoms with van der Waals surface area (Å²) in [6, 6.07) is 9.19. The van der Waals surface area contributed by atoms with E-state index in [4.69, 9.17) is 0 Å². The van der Waals surface area contributed by atoms with E-state index in [1.165, 1.54) is 12.5 Å². The van der Waals surface area contributed by atoms with E-state index >= 15 is 0 Å². The minimum absolute atomic E-state index is 0.0661. The molecule has 3 heteroatoms.